The van der Waals surface area contributed by atoms with Crippen LogP contribution in [0.1, 0.15) is 45.1 Å². The van der Waals surface area contributed by atoms with Crippen molar-refractivity contribution in [2.24, 2.45) is 0 Å². The number of unbranched alkanes of at least 4 members (excludes halogenated alkanes) is 2. The molecular formula is C16H27NO2. The zero-order valence-corrected chi connectivity index (χ0v) is 12.5. The van der Waals surface area contributed by atoms with Crippen LogP contribution < -0.4 is 14.8 Å². The number of hydrogen-bond acceptors (Lipinski definition) is 3. The highest BCUT2D eigenvalue weighted by molar-refractivity contribution is 5.42. The van der Waals surface area contributed by atoms with Crippen LogP contribution in [-0.4, -0.2) is 20.3 Å². The first-order chi connectivity index (χ1) is 9.31. The van der Waals surface area contributed by atoms with Crippen LogP contribution in [0.5, 0.6) is 11.5 Å². The maximum atomic E-state index is 5.72. The number of nitrogens with one attached hydrogen (secondary N) is 1. The van der Waals surface area contributed by atoms with Crippen LogP contribution in [0.25, 0.3) is 0 Å². The van der Waals surface area contributed by atoms with Gasteiger partial charge in [0.05, 0.1) is 13.7 Å². The van der Waals surface area contributed by atoms with Crippen molar-refractivity contribution in [3.05, 3.63) is 23.8 Å². The number of benzene rings is 1. The first kappa shape index (κ1) is 15.8. The Morgan fingerprint density at radius 2 is 1.84 bits per heavy atom. The molecule has 0 aliphatic carbocycles. The Hall–Kier alpha value is -1.22. The van der Waals surface area contributed by atoms with Crippen molar-refractivity contribution >= 4 is 0 Å². The van der Waals surface area contributed by atoms with Gasteiger partial charge in [-0.05, 0) is 37.1 Å². The normalized spacial score (nSPS) is 10.5. The summed E-state index contributed by atoms with van der Waals surface area (Å²) in [6, 6.07) is 6.16. The molecule has 1 aromatic rings. The molecule has 0 bridgehead atoms. The average Bonchev–Trinajstić information content (AvgIpc) is 2.45. The fourth-order valence-corrected chi connectivity index (χ4v) is 1.80. The Labute approximate surface area is 117 Å². The predicted octanol–water partition coefficient (Wildman–Crippen LogP) is 3.76. The van der Waals surface area contributed by atoms with Gasteiger partial charge in [-0.1, -0.05) is 32.8 Å². The second kappa shape index (κ2) is 9.68. The van der Waals surface area contributed by atoms with Crippen LogP contribution in [0.4, 0.5) is 0 Å². The summed E-state index contributed by atoms with van der Waals surface area (Å²) in [4.78, 5) is 0. The van der Waals surface area contributed by atoms with E-state index in [4.69, 9.17) is 9.47 Å². The lowest BCUT2D eigenvalue weighted by atomic mass is 10.2. The SMILES string of the molecule is CCCCNCc1ccc(OCCCC)c(OC)c1. The van der Waals surface area contributed by atoms with Crippen LogP contribution in [0.2, 0.25) is 0 Å². The van der Waals surface area contributed by atoms with E-state index in [1.54, 1.807) is 7.11 Å². The molecule has 0 unspecified atom stereocenters. The van der Waals surface area contributed by atoms with E-state index < -0.39 is 0 Å². The molecule has 3 heteroatoms. The highest BCUT2D eigenvalue weighted by Crippen LogP contribution is 2.28. The lowest BCUT2D eigenvalue weighted by molar-refractivity contribution is 0.288. The second-order valence-electron chi connectivity index (χ2n) is 4.72. The summed E-state index contributed by atoms with van der Waals surface area (Å²) >= 11 is 0. The maximum absolute atomic E-state index is 5.72. The Morgan fingerprint density at radius 3 is 2.53 bits per heavy atom. The zero-order valence-electron chi connectivity index (χ0n) is 12.5. The van der Waals surface area contributed by atoms with Crippen molar-refractivity contribution in [2.45, 2.75) is 46.1 Å². The minimum atomic E-state index is 0.751. The molecule has 0 amide bonds. The molecule has 0 aliphatic heterocycles. The van der Waals surface area contributed by atoms with Crippen molar-refractivity contribution in [1.82, 2.24) is 5.32 Å². The van der Waals surface area contributed by atoms with Gasteiger partial charge in [0, 0.05) is 6.54 Å². The Balaban J connectivity index is 2.51. The van der Waals surface area contributed by atoms with E-state index in [0.717, 1.165) is 44.0 Å². The van der Waals surface area contributed by atoms with Crippen LogP contribution in [0.15, 0.2) is 18.2 Å². The molecule has 0 saturated carbocycles. The molecule has 0 radical (unpaired) electrons. The van der Waals surface area contributed by atoms with Gasteiger partial charge in [-0.2, -0.15) is 0 Å². The Morgan fingerprint density at radius 1 is 1.05 bits per heavy atom. The van der Waals surface area contributed by atoms with Crippen LogP contribution in [-0.2, 0) is 6.54 Å². The summed E-state index contributed by atoms with van der Waals surface area (Å²) in [5.74, 6) is 1.67. The van der Waals surface area contributed by atoms with Crippen molar-refractivity contribution in [1.29, 1.82) is 0 Å². The van der Waals surface area contributed by atoms with E-state index in [0.29, 0.717) is 0 Å². The molecule has 19 heavy (non-hydrogen) atoms. The van der Waals surface area contributed by atoms with E-state index in [1.165, 1.54) is 18.4 Å². The van der Waals surface area contributed by atoms with Gasteiger partial charge in [-0.15, -0.1) is 0 Å². The first-order valence-electron chi connectivity index (χ1n) is 7.32. The summed E-state index contributed by atoms with van der Waals surface area (Å²) in [7, 11) is 1.69. The molecule has 1 rings (SSSR count). The Kier molecular flexibility index (Phi) is 8.07. The quantitative estimate of drug-likeness (QED) is 0.653. The van der Waals surface area contributed by atoms with Crippen molar-refractivity contribution in [3.8, 4) is 11.5 Å². The van der Waals surface area contributed by atoms with Crippen LogP contribution in [0, 0.1) is 0 Å². The first-order valence-corrected chi connectivity index (χ1v) is 7.32. The van der Waals surface area contributed by atoms with Gasteiger partial charge < -0.3 is 14.8 Å². The topological polar surface area (TPSA) is 30.5 Å². The summed E-state index contributed by atoms with van der Waals surface area (Å²) in [5.41, 5.74) is 1.23. The lowest BCUT2D eigenvalue weighted by Gasteiger charge is -2.12. The second-order valence-corrected chi connectivity index (χ2v) is 4.72. The van der Waals surface area contributed by atoms with Gasteiger partial charge in [0.1, 0.15) is 0 Å². The number of rotatable bonds is 10. The smallest absolute Gasteiger partial charge is 0.161 e. The minimum absolute atomic E-state index is 0.751. The van der Waals surface area contributed by atoms with Gasteiger partial charge >= 0.3 is 0 Å². The monoisotopic (exact) mass is 265 g/mol. The summed E-state index contributed by atoms with van der Waals surface area (Å²) in [6.07, 6.45) is 4.65. The fourth-order valence-electron chi connectivity index (χ4n) is 1.80. The highest BCUT2D eigenvalue weighted by atomic mass is 16.5. The standard InChI is InChI=1S/C16H27NO2/c1-4-6-10-17-13-14-8-9-15(16(12-14)18-3)19-11-7-5-2/h8-9,12,17H,4-7,10-11,13H2,1-3H3. The van der Waals surface area contributed by atoms with Gasteiger partial charge in [-0.3, -0.25) is 0 Å². The maximum Gasteiger partial charge on any atom is 0.161 e. The van der Waals surface area contributed by atoms with E-state index >= 15 is 0 Å². The number of ether oxygens (including phenoxy) is 2. The van der Waals surface area contributed by atoms with Crippen molar-refractivity contribution in [2.75, 3.05) is 20.3 Å². The average molecular weight is 265 g/mol. The number of hydrogen-bond donors (Lipinski definition) is 1. The third kappa shape index (κ3) is 5.97. The Bertz CT molecular complexity index is 353. The van der Waals surface area contributed by atoms with E-state index in [2.05, 4.69) is 31.3 Å². The van der Waals surface area contributed by atoms with E-state index in [-0.39, 0.29) is 0 Å². The van der Waals surface area contributed by atoms with E-state index in [1.807, 2.05) is 6.07 Å². The molecule has 0 aliphatic rings. The van der Waals surface area contributed by atoms with Gasteiger partial charge in [0.15, 0.2) is 11.5 Å². The molecule has 0 spiro atoms. The zero-order chi connectivity index (χ0) is 13.9. The molecule has 1 aromatic carbocycles. The van der Waals surface area contributed by atoms with E-state index in [9.17, 15) is 0 Å². The fraction of sp³-hybridized carbons (Fsp3) is 0.625. The van der Waals surface area contributed by atoms with Gasteiger partial charge in [0.25, 0.3) is 0 Å². The molecule has 0 atom stereocenters. The van der Waals surface area contributed by atoms with Crippen LogP contribution >= 0.6 is 0 Å². The van der Waals surface area contributed by atoms with Crippen molar-refractivity contribution in [3.63, 3.8) is 0 Å². The van der Waals surface area contributed by atoms with Gasteiger partial charge in [0.2, 0.25) is 0 Å². The lowest BCUT2D eigenvalue weighted by Crippen LogP contribution is -2.14. The highest BCUT2D eigenvalue weighted by Gasteiger charge is 2.05. The molecule has 0 fully saturated rings. The molecule has 0 saturated heterocycles. The summed E-state index contributed by atoms with van der Waals surface area (Å²) in [6.45, 7) is 7.05. The minimum Gasteiger partial charge on any atom is -0.493 e. The molecule has 0 aromatic heterocycles. The van der Waals surface area contributed by atoms with Crippen molar-refractivity contribution < 1.29 is 9.47 Å². The molecule has 0 heterocycles. The third-order valence-corrected chi connectivity index (χ3v) is 3.02. The molecular weight excluding hydrogens is 238 g/mol. The van der Waals surface area contributed by atoms with Gasteiger partial charge in [-0.25, -0.2) is 0 Å². The largest absolute Gasteiger partial charge is 0.493 e. The van der Waals surface area contributed by atoms with Crippen LogP contribution in [0.3, 0.4) is 0 Å². The summed E-state index contributed by atoms with van der Waals surface area (Å²) in [5, 5.41) is 3.43. The molecule has 1 N–H and O–H groups in total. The molecule has 108 valence electrons. The molecule has 3 nitrogen and oxygen atoms in total. The third-order valence-electron chi connectivity index (χ3n) is 3.02. The summed E-state index contributed by atoms with van der Waals surface area (Å²) < 4.78 is 11.1. The number of methoxy groups -OCH3 is 1. The predicted molar refractivity (Wildman–Crippen MR) is 80.0 cm³/mol.